The highest BCUT2D eigenvalue weighted by Gasteiger charge is 1.91. The summed E-state index contributed by atoms with van der Waals surface area (Å²) < 4.78 is 10.2. The molecule has 0 aliphatic carbocycles. The second-order valence-electron chi connectivity index (χ2n) is 2.41. The van der Waals surface area contributed by atoms with Gasteiger partial charge in [-0.15, -0.1) is 0 Å². The lowest BCUT2D eigenvalue weighted by molar-refractivity contribution is 0.146. The van der Waals surface area contributed by atoms with Gasteiger partial charge in [-0.1, -0.05) is 12.1 Å². The molecule has 0 aliphatic rings. The van der Waals surface area contributed by atoms with Crippen LogP contribution >= 0.6 is 0 Å². The van der Waals surface area contributed by atoms with Gasteiger partial charge >= 0.3 is 0 Å². The molecule has 0 fully saturated rings. The molecule has 0 saturated heterocycles. The van der Waals surface area contributed by atoms with Crippen LogP contribution in [0.5, 0.6) is 5.75 Å². The monoisotopic (exact) mass is 164 g/mol. The first kappa shape index (κ1) is 9.07. The molecule has 1 aromatic rings. The zero-order valence-corrected chi connectivity index (χ0v) is 7.12. The molecule has 0 bridgehead atoms. The highest BCUT2D eigenvalue weighted by molar-refractivity contribution is 5.28. The summed E-state index contributed by atoms with van der Waals surface area (Å²) in [5.41, 5.74) is 0.745. The standard InChI is InChI=1S/C10H12O2/c1-9-3-5-10(6-4-9)12-8-7-11-2/h1,3-6H,7-8H2,2H3. The molecule has 0 spiro atoms. The van der Waals surface area contributed by atoms with Crippen LogP contribution in [-0.2, 0) is 4.74 Å². The molecule has 0 aromatic heterocycles. The van der Waals surface area contributed by atoms with Gasteiger partial charge in [0.2, 0.25) is 0 Å². The number of hydrogen-bond donors (Lipinski definition) is 0. The van der Waals surface area contributed by atoms with E-state index in [0.717, 1.165) is 11.3 Å². The number of methoxy groups -OCH3 is 1. The van der Waals surface area contributed by atoms with E-state index in [-0.39, 0.29) is 0 Å². The van der Waals surface area contributed by atoms with Crippen LogP contribution in [0.1, 0.15) is 5.56 Å². The molecule has 0 amide bonds. The lowest BCUT2D eigenvalue weighted by Crippen LogP contribution is -2.03. The summed E-state index contributed by atoms with van der Waals surface area (Å²) in [6.45, 7) is 6.67. The van der Waals surface area contributed by atoms with Crippen molar-refractivity contribution in [1.29, 1.82) is 0 Å². The lowest BCUT2D eigenvalue weighted by atomic mass is 10.2. The van der Waals surface area contributed by atoms with Crippen LogP contribution in [0.25, 0.3) is 0 Å². The van der Waals surface area contributed by atoms with Crippen molar-refractivity contribution in [3.05, 3.63) is 36.8 Å². The summed E-state index contributed by atoms with van der Waals surface area (Å²) in [6, 6.07) is 7.29. The average molecular weight is 164 g/mol. The fourth-order valence-electron chi connectivity index (χ4n) is 0.807. The Kier molecular flexibility index (Phi) is 3.61. The van der Waals surface area contributed by atoms with Crippen molar-refractivity contribution in [3.63, 3.8) is 0 Å². The van der Waals surface area contributed by atoms with Crippen LogP contribution < -0.4 is 4.74 Å². The Labute approximate surface area is 73.1 Å². The average Bonchev–Trinajstić information content (AvgIpc) is 2.09. The van der Waals surface area contributed by atoms with Gasteiger partial charge in [-0.25, -0.2) is 0 Å². The minimum atomic E-state index is 0.570. The van der Waals surface area contributed by atoms with Gasteiger partial charge in [0.1, 0.15) is 12.4 Å². The molecule has 2 nitrogen and oxygen atoms in total. The SMILES string of the molecule is [CH]c1ccc(OCCOC)cc1. The molecular formula is C10H12O2. The Bertz CT molecular complexity index is 216. The highest BCUT2D eigenvalue weighted by Crippen LogP contribution is 2.10. The second kappa shape index (κ2) is 4.78. The van der Waals surface area contributed by atoms with Crippen molar-refractivity contribution in [3.8, 4) is 5.75 Å². The Morgan fingerprint density at radius 2 is 1.83 bits per heavy atom. The third-order valence-electron chi connectivity index (χ3n) is 1.44. The van der Waals surface area contributed by atoms with Crippen LogP contribution in [0, 0.1) is 6.92 Å². The van der Waals surface area contributed by atoms with Crippen LogP contribution in [-0.4, -0.2) is 20.3 Å². The smallest absolute Gasteiger partial charge is 0.119 e. The van der Waals surface area contributed by atoms with Crippen molar-refractivity contribution < 1.29 is 9.47 Å². The molecule has 1 aromatic carbocycles. The minimum Gasteiger partial charge on any atom is -0.491 e. The molecule has 2 radical (unpaired) electrons. The molecule has 1 rings (SSSR count). The van der Waals surface area contributed by atoms with E-state index >= 15 is 0 Å². The Hall–Kier alpha value is -1.02. The van der Waals surface area contributed by atoms with Gasteiger partial charge in [0.15, 0.2) is 0 Å². The van der Waals surface area contributed by atoms with Gasteiger partial charge in [0, 0.05) is 7.11 Å². The van der Waals surface area contributed by atoms with Crippen molar-refractivity contribution >= 4 is 0 Å². The molecule has 0 N–H and O–H groups in total. The van der Waals surface area contributed by atoms with Crippen LogP contribution in [0.2, 0.25) is 0 Å². The first-order chi connectivity index (χ1) is 5.83. The van der Waals surface area contributed by atoms with Gasteiger partial charge in [-0.05, 0) is 24.6 Å². The van der Waals surface area contributed by atoms with Crippen molar-refractivity contribution in [2.24, 2.45) is 0 Å². The predicted molar refractivity (Wildman–Crippen MR) is 47.2 cm³/mol. The first-order valence-electron chi connectivity index (χ1n) is 3.80. The molecule has 0 aliphatic heterocycles. The lowest BCUT2D eigenvalue weighted by Gasteiger charge is -2.04. The van der Waals surface area contributed by atoms with E-state index in [1.165, 1.54) is 0 Å². The number of hydrogen-bond acceptors (Lipinski definition) is 2. The van der Waals surface area contributed by atoms with Gasteiger partial charge in [-0.2, -0.15) is 0 Å². The third kappa shape index (κ3) is 2.93. The zero-order chi connectivity index (χ0) is 8.81. The van der Waals surface area contributed by atoms with Crippen LogP contribution in [0.15, 0.2) is 24.3 Å². The minimum absolute atomic E-state index is 0.570. The molecule has 0 heterocycles. The first-order valence-corrected chi connectivity index (χ1v) is 3.80. The number of rotatable bonds is 4. The van der Waals surface area contributed by atoms with Gasteiger partial charge in [0.25, 0.3) is 0 Å². The topological polar surface area (TPSA) is 18.5 Å². The molecule has 0 atom stereocenters. The molecule has 64 valence electrons. The van der Waals surface area contributed by atoms with E-state index in [1.54, 1.807) is 7.11 Å². The predicted octanol–water partition coefficient (Wildman–Crippen LogP) is 1.77. The van der Waals surface area contributed by atoms with Crippen molar-refractivity contribution in [1.82, 2.24) is 0 Å². The van der Waals surface area contributed by atoms with E-state index in [0.29, 0.717) is 13.2 Å². The number of benzene rings is 1. The van der Waals surface area contributed by atoms with Crippen LogP contribution in [0.3, 0.4) is 0 Å². The second-order valence-corrected chi connectivity index (χ2v) is 2.41. The summed E-state index contributed by atoms with van der Waals surface area (Å²) in [7, 11) is 1.65. The highest BCUT2D eigenvalue weighted by atomic mass is 16.5. The summed E-state index contributed by atoms with van der Waals surface area (Å²) in [4.78, 5) is 0. The largest absolute Gasteiger partial charge is 0.491 e. The fourth-order valence-corrected chi connectivity index (χ4v) is 0.807. The fraction of sp³-hybridized carbons (Fsp3) is 0.300. The van der Waals surface area contributed by atoms with E-state index in [1.807, 2.05) is 24.3 Å². The Balaban J connectivity index is 2.37. The van der Waals surface area contributed by atoms with Crippen molar-refractivity contribution in [2.45, 2.75) is 0 Å². The van der Waals surface area contributed by atoms with Crippen molar-refractivity contribution in [2.75, 3.05) is 20.3 Å². The van der Waals surface area contributed by atoms with Gasteiger partial charge in [-0.3, -0.25) is 0 Å². The Morgan fingerprint density at radius 3 is 2.42 bits per heavy atom. The van der Waals surface area contributed by atoms with Crippen LogP contribution in [0.4, 0.5) is 0 Å². The van der Waals surface area contributed by atoms with Gasteiger partial charge < -0.3 is 9.47 Å². The normalized spacial score (nSPS) is 9.83. The maximum atomic E-state index is 5.50. The van der Waals surface area contributed by atoms with Gasteiger partial charge in [0.05, 0.1) is 6.61 Å². The summed E-state index contributed by atoms with van der Waals surface area (Å²) in [5.74, 6) is 0.821. The summed E-state index contributed by atoms with van der Waals surface area (Å²) >= 11 is 0. The maximum absolute atomic E-state index is 5.50. The molecule has 12 heavy (non-hydrogen) atoms. The zero-order valence-electron chi connectivity index (χ0n) is 7.12. The quantitative estimate of drug-likeness (QED) is 0.631. The summed E-state index contributed by atoms with van der Waals surface area (Å²) in [5, 5.41) is 0. The van der Waals surface area contributed by atoms with E-state index in [2.05, 4.69) is 0 Å². The molecule has 0 unspecified atom stereocenters. The van der Waals surface area contributed by atoms with E-state index in [4.69, 9.17) is 16.4 Å². The molecule has 2 heteroatoms. The maximum Gasteiger partial charge on any atom is 0.119 e. The third-order valence-corrected chi connectivity index (χ3v) is 1.44. The Morgan fingerprint density at radius 1 is 1.17 bits per heavy atom. The van der Waals surface area contributed by atoms with E-state index in [9.17, 15) is 0 Å². The van der Waals surface area contributed by atoms with E-state index < -0.39 is 0 Å². The molecule has 0 saturated carbocycles. The summed E-state index contributed by atoms with van der Waals surface area (Å²) in [6.07, 6.45) is 0. The molecular weight excluding hydrogens is 152 g/mol. The number of ether oxygens (including phenoxy) is 2.